The molecule has 33 heavy (non-hydrogen) atoms. The van der Waals surface area contributed by atoms with Gasteiger partial charge in [0.05, 0.1) is 5.92 Å². The summed E-state index contributed by atoms with van der Waals surface area (Å²) in [5.41, 5.74) is 0.672. The molecule has 0 amide bonds. The Morgan fingerprint density at radius 3 is 2.58 bits per heavy atom. The zero-order valence-corrected chi connectivity index (χ0v) is 20.3. The first kappa shape index (κ1) is 24.2. The van der Waals surface area contributed by atoms with E-state index in [2.05, 4.69) is 12.7 Å². The van der Waals surface area contributed by atoms with Gasteiger partial charge in [-0.05, 0) is 112 Å². The average Bonchev–Trinajstić information content (AvgIpc) is 2.84. The van der Waals surface area contributed by atoms with Crippen LogP contribution in [0.25, 0.3) is 0 Å². The SMILES string of the molecule is C=CC1CCC(C2CCC3C(CCCC3C(=O)Oc3ccc(CC/C=C/C)c(F)c3)C2)CC1. The number of rotatable bonds is 7. The maximum atomic E-state index is 14.5. The average molecular weight is 453 g/mol. The van der Waals surface area contributed by atoms with Crippen molar-refractivity contribution in [3.05, 3.63) is 54.4 Å². The quantitative estimate of drug-likeness (QED) is 0.237. The molecule has 4 rings (SSSR count). The number of aryl methyl sites for hydroxylation is 1. The summed E-state index contributed by atoms with van der Waals surface area (Å²) in [4.78, 5) is 13.1. The summed E-state index contributed by atoms with van der Waals surface area (Å²) in [6.07, 6.45) is 19.9. The smallest absolute Gasteiger partial charge is 0.314 e. The number of ether oxygens (including phenoxy) is 1. The van der Waals surface area contributed by atoms with Crippen LogP contribution in [0.2, 0.25) is 0 Å². The van der Waals surface area contributed by atoms with Crippen LogP contribution in [-0.4, -0.2) is 5.97 Å². The first-order valence-electron chi connectivity index (χ1n) is 13.3. The third-order valence-corrected chi connectivity index (χ3v) is 8.87. The Morgan fingerprint density at radius 1 is 1.06 bits per heavy atom. The van der Waals surface area contributed by atoms with Crippen molar-refractivity contribution >= 4 is 5.97 Å². The zero-order valence-electron chi connectivity index (χ0n) is 20.3. The summed E-state index contributed by atoms with van der Waals surface area (Å²) in [5.74, 6) is 3.41. The first-order valence-corrected chi connectivity index (χ1v) is 13.3. The summed E-state index contributed by atoms with van der Waals surface area (Å²) in [6, 6.07) is 4.90. The lowest BCUT2D eigenvalue weighted by molar-refractivity contribution is -0.144. The van der Waals surface area contributed by atoms with Gasteiger partial charge in [0, 0.05) is 6.07 Å². The van der Waals surface area contributed by atoms with Crippen LogP contribution in [0, 0.1) is 41.3 Å². The van der Waals surface area contributed by atoms with Crippen LogP contribution in [0.1, 0.15) is 83.1 Å². The van der Waals surface area contributed by atoms with Crippen LogP contribution in [0.15, 0.2) is 43.0 Å². The second kappa shape index (κ2) is 11.5. The predicted octanol–water partition coefficient (Wildman–Crippen LogP) is 8.06. The molecular weight excluding hydrogens is 411 g/mol. The second-order valence-electron chi connectivity index (χ2n) is 10.7. The molecule has 0 heterocycles. The molecule has 3 heteroatoms. The summed E-state index contributed by atoms with van der Waals surface area (Å²) in [5, 5.41) is 0. The van der Waals surface area contributed by atoms with Crippen molar-refractivity contribution in [1.29, 1.82) is 0 Å². The van der Waals surface area contributed by atoms with Crippen molar-refractivity contribution in [2.45, 2.75) is 84.0 Å². The largest absolute Gasteiger partial charge is 0.426 e. The molecule has 4 atom stereocenters. The Kier molecular flexibility index (Phi) is 8.44. The summed E-state index contributed by atoms with van der Waals surface area (Å²) in [6.45, 7) is 5.96. The number of carbonyl (C=O) groups is 1. The van der Waals surface area contributed by atoms with Crippen molar-refractivity contribution in [3.8, 4) is 5.75 Å². The van der Waals surface area contributed by atoms with Gasteiger partial charge in [0.15, 0.2) is 0 Å². The fourth-order valence-electron chi connectivity index (χ4n) is 6.96. The van der Waals surface area contributed by atoms with E-state index < -0.39 is 0 Å². The van der Waals surface area contributed by atoms with Gasteiger partial charge in [-0.25, -0.2) is 4.39 Å². The van der Waals surface area contributed by atoms with Gasteiger partial charge >= 0.3 is 5.97 Å². The highest BCUT2D eigenvalue weighted by Gasteiger charge is 2.43. The van der Waals surface area contributed by atoms with Gasteiger partial charge in [0.2, 0.25) is 0 Å². The Balaban J connectivity index is 1.33. The van der Waals surface area contributed by atoms with Gasteiger partial charge < -0.3 is 4.74 Å². The molecule has 1 aromatic rings. The number of hydrogen-bond acceptors (Lipinski definition) is 2. The van der Waals surface area contributed by atoms with Gasteiger partial charge in [0.25, 0.3) is 0 Å². The maximum absolute atomic E-state index is 14.5. The van der Waals surface area contributed by atoms with E-state index in [0.717, 1.165) is 43.4 Å². The molecule has 3 saturated carbocycles. The van der Waals surface area contributed by atoms with Crippen molar-refractivity contribution in [3.63, 3.8) is 0 Å². The maximum Gasteiger partial charge on any atom is 0.314 e. The highest BCUT2D eigenvalue weighted by Crippen LogP contribution is 2.50. The lowest BCUT2D eigenvalue weighted by Gasteiger charge is -2.45. The van der Waals surface area contributed by atoms with Gasteiger partial charge in [-0.2, -0.15) is 0 Å². The van der Waals surface area contributed by atoms with E-state index >= 15 is 0 Å². The monoisotopic (exact) mass is 452 g/mol. The molecule has 3 aliphatic rings. The molecule has 0 spiro atoms. The van der Waals surface area contributed by atoms with Crippen LogP contribution in [0.3, 0.4) is 0 Å². The minimum Gasteiger partial charge on any atom is -0.426 e. The van der Waals surface area contributed by atoms with Crippen molar-refractivity contribution in [2.24, 2.45) is 35.5 Å². The fourth-order valence-corrected chi connectivity index (χ4v) is 6.96. The molecule has 0 radical (unpaired) electrons. The molecule has 0 aliphatic heterocycles. The van der Waals surface area contributed by atoms with E-state index in [1.165, 1.54) is 51.0 Å². The molecule has 1 aromatic carbocycles. The lowest BCUT2D eigenvalue weighted by atomic mass is 9.59. The van der Waals surface area contributed by atoms with Crippen LogP contribution in [0.5, 0.6) is 5.75 Å². The van der Waals surface area contributed by atoms with Gasteiger partial charge in [-0.3, -0.25) is 4.79 Å². The normalized spacial score (nSPS) is 32.3. The topological polar surface area (TPSA) is 26.3 Å². The van der Waals surface area contributed by atoms with Crippen LogP contribution >= 0.6 is 0 Å². The van der Waals surface area contributed by atoms with Crippen molar-refractivity contribution in [2.75, 3.05) is 0 Å². The summed E-state index contributed by atoms with van der Waals surface area (Å²) < 4.78 is 20.2. The second-order valence-corrected chi connectivity index (χ2v) is 10.7. The van der Waals surface area contributed by atoms with E-state index in [1.807, 2.05) is 19.1 Å². The number of benzene rings is 1. The lowest BCUT2D eigenvalue weighted by Crippen LogP contribution is -2.40. The molecule has 4 unspecified atom stereocenters. The molecular formula is C30H41FO2. The standard InChI is InChI=1S/C30H41FO2/c1-3-5-6-8-23-15-17-26(20-29(23)31)33-30(32)28-10-7-9-25-19-24(16-18-27(25)28)22-13-11-21(4-2)12-14-22/h3-5,15,17,20-22,24-25,27-28H,2,6-14,16,18-19H2,1H3/b5-3+. The van der Waals surface area contributed by atoms with Crippen LogP contribution in [0.4, 0.5) is 4.39 Å². The van der Waals surface area contributed by atoms with Gasteiger partial charge in [0.1, 0.15) is 11.6 Å². The number of allylic oxidation sites excluding steroid dienone is 3. The Morgan fingerprint density at radius 2 is 1.85 bits per heavy atom. The third-order valence-electron chi connectivity index (χ3n) is 8.87. The van der Waals surface area contributed by atoms with Gasteiger partial charge in [-0.15, -0.1) is 6.58 Å². The van der Waals surface area contributed by atoms with Crippen molar-refractivity contribution < 1.29 is 13.9 Å². The Bertz CT molecular complexity index is 836. The predicted molar refractivity (Wildman–Crippen MR) is 132 cm³/mol. The van der Waals surface area contributed by atoms with E-state index in [1.54, 1.807) is 12.1 Å². The summed E-state index contributed by atoms with van der Waals surface area (Å²) >= 11 is 0. The molecule has 0 saturated heterocycles. The third kappa shape index (κ3) is 5.97. The van der Waals surface area contributed by atoms with E-state index in [0.29, 0.717) is 29.6 Å². The fraction of sp³-hybridized carbons (Fsp3) is 0.633. The molecule has 3 fully saturated rings. The number of hydrogen-bond donors (Lipinski definition) is 0. The van der Waals surface area contributed by atoms with Gasteiger partial charge in [-0.1, -0.05) is 37.1 Å². The molecule has 0 N–H and O–H groups in total. The highest BCUT2D eigenvalue weighted by atomic mass is 19.1. The van der Waals surface area contributed by atoms with E-state index in [9.17, 15) is 9.18 Å². The minimum absolute atomic E-state index is 0.0290. The number of esters is 1. The molecule has 0 aromatic heterocycles. The molecule has 2 nitrogen and oxygen atoms in total. The van der Waals surface area contributed by atoms with E-state index in [4.69, 9.17) is 4.74 Å². The van der Waals surface area contributed by atoms with Crippen LogP contribution in [-0.2, 0) is 11.2 Å². The first-order chi connectivity index (χ1) is 16.1. The van der Waals surface area contributed by atoms with Crippen LogP contribution < -0.4 is 4.74 Å². The minimum atomic E-state index is -0.280. The number of fused-ring (bicyclic) bond motifs is 1. The number of halogens is 1. The van der Waals surface area contributed by atoms with E-state index in [-0.39, 0.29) is 17.7 Å². The number of carbonyl (C=O) groups excluding carboxylic acids is 1. The molecule has 0 bridgehead atoms. The van der Waals surface area contributed by atoms with Crippen molar-refractivity contribution in [1.82, 2.24) is 0 Å². The zero-order chi connectivity index (χ0) is 23.2. The Labute approximate surface area is 199 Å². The molecule has 3 aliphatic carbocycles. The molecule has 180 valence electrons. The highest BCUT2D eigenvalue weighted by molar-refractivity contribution is 5.75. The Hall–Kier alpha value is -1.90. The summed E-state index contributed by atoms with van der Waals surface area (Å²) in [7, 11) is 0.